The molecule has 1 aliphatic heterocycles. The number of rotatable bonds is 7. The van der Waals surface area contributed by atoms with Crippen molar-refractivity contribution in [2.24, 2.45) is 5.41 Å². The molecule has 0 amide bonds. The van der Waals surface area contributed by atoms with Gasteiger partial charge in [-0.1, -0.05) is 25.4 Å². The maximum atomic E-state index is 14.8. The zero-order chi connectivity index (χ0) is 20.6. The molecule has 0 aromatic carbocycles. The number of hydrogen-bond acceptors (Lipinski definition) is 7. The number of aliphatic hydroxyl groups is 1. The highest BCUT2D eigenvalue weighted by Crippen LogP contribution is 2.45. The Labute approximate surface area is 174 Å². The van der Waals surface area contributed by atoms with Crippen LogP contribution in [0.1, 0.15) is 39.5 Å². The Balaban J connectivity index is 1.73. The van der Waals surface area contributed by atoms with E-state index in [0.29, 0.717) is 29.9 Å². The van der Waals surface area contributed by atoms with E-state index in [9.17, 15) is 9.50 Å². The molecule has 158 valence electrons. The number of aliphatic hydroxyl groups excluding tert-OH is 1. The number of ether oxygens (including phenoxy) is 1. The Kier molecular flexibility index (Phi) is 5.77. The summed E-state index contributed by atoms with van der Waals surface area (Å²) in [5, 5.41) is 13.5. The molecule has 2 aliphatic rings. The predicted octanol–water partition coefficient (Wildman–Crippen LogP) is 2.94. The molecule has 2 aromatic rings. The largest absolute Gasteiger partial charge is 0.463 e. The van der Waals surface area contributed by atoms with Crippen molar-refractivity contribution < 1.29 is 14.2 Å². The van der Waals surface area contributed by atoms with Crippen molar-refractivity contribution >= 4 is 28.3 Å². The summed E-state index contributed by atoms with van der Waals surface area (Å²) < 4.78 is 20.6. The van der Waals surface area contributed by atoms with E-state index >= 15 is 0 Å². The number of piperazine rings is 1. The van der Waals surface area contributed by atoms with Crippen molar-refractivity contribution in [3.63, 3.8) is 0 Å². The van der Waals surface area contributed by atoms with Crippen molar-refractivity contribution in [3.8, 4) is 6.01 Å². The smallest absolute Gasteiger partial charge is 0.319 e. The van der Waals surface area contributed by atoms with Gasteiger partial charge in [0.05, 0.1) is 18.6 Å². The molecule has 7 nitrogen and oxygen atoms in total. The Hall–Kier alpha value is -1.77. The minimum absolute atomic E-state index is 0.0612. The molecule has 9 heteroatoms. The van der Waals surface area contributed by atoms with Gasteiger partial charge in [-0.3, -0.25) is 0 Å². The maximum Gasteiger partial charge on any atom is 0.319 e. The van der Waals surface area contributed by atoms with Crippen LogP contribution in [0.2, 0.25) is 5.15 Å². The highest BCUT2D eigenvalue weighted by Gasteiger charge is 2.43. The first kappa shape index (κ1) is 20.5. The van der Waals surface area contributed by atoms with Crippen molar-refractivity contribution in [1.82, 2.24) is 20.3 Å². The molecular weight excluding hydrogens is 397 g/mol. The molecule has 0 spiro atoms. The van der Waals surface area contributed by atoms with E-state index in [2.05, 4.69) is 39.0 Å². The third-order valence-electron chi connectivity index (χ3n) is 6.04. The SMILES string of the molecule is CCC1CN(c2nc(OCC3(CO)CC3)nc3c(F)c(Cl)ncc23)CC(CC)N1. The van der Waals surface area contributed by atoms with Gasteiger partial charge in [-0.2, -0.15) is 9.97 Å². The molecule has 29 heavy (non-hydrogen) atoms. The number of nitrogens with one attached hydrogen (secondary N) is 1. The minimum Gasteiger partial charge on any atom is -0.463 e. The number of halogens is 2. The van der Waals surface area contributed by atoms with Crippen LogP contribution in [0.15, 0.2) is 6.20 Å². The van der Waals surface area contributed by atoms with Gasteiger partial charge < -0.3 is 20.1 Å². The first-order valence-electron chi connectivity index (χ1n) is 10.2. The Bertz CT molecular complexity index is 883. The molecule has 3 heterocycles. The van der Waals surface area contributed by atoms with Crippen LogP contribution in [0.25, 0.3) is 10.9 Å². The average molecular weight is 424 g/mol. The van der Waals surface area contributed by atoms with Crippen LogP contribution < -0.4 is 15.0 Å². The van der Waals surface area contributed by atoms with Crippen LogP contribution in [-0.2, 0) is 0 Å². The number of hydrogen-bond donors (Lipinski definition) is 2. The van der Waals surface area contributed by atoms with Crippen LogP contribution >= 0.6 is 11.6 Å². The van der Waals surface area contributed by atoms with Gasteiger partial charge in [0, 0.05) is 36.8 Å². The topological polar surface area (TPSA) is 83.4 Å². The molecule has 0 bridgehead atoms. The van der Waals surface area contributed by atoms with Crippen molar-refractivity contribution in [2.75, 3.05) is 31.2 Å². The standard InChI is InChI=1S/C20H27ClFN5O2/c1-3-12-8-27(9-13(4-2)24-12)18-14-7-23-17(21)15(22)16(14)25-19(26-18)29-11-20(10-28)5-6-20/h7,12-13,24,28H,3-6,8-11H2,1-2H3. The molecule has 1 saturated heterocycles. The third kappa shape index (κ3) is 4.11. The van der Waals surface area contributed by atoms with Crippen LogP contribution in [-0.4, -0.2) is 58.4 Å². The van der Waals surface area contributed by atoms with E-state index in [1.54, 1.807) is 0 Å². The second-order valence-electron chi connectivity index (χ2n) is 8.18. The van der Waals surface area contributed by atoms with E-state index in [1.807, 2.05) is 0 Å². The molecule has 2 fully saturated rings. The molecule has 2 aromatic heterocycles. The van der Waals surface area contributed by atoms with Crippen LogP contribution in [0.4, 0.5) is 10.2 Å². The van der Waals surface area contributed by atoms with E-state index in [-0.39, 0.29) is 28.7 Å². The van der Waals surface area contributed by atoms with Gasteiger partial charge in [0.25, 0.3) is 0 Å². The summed E-state index contributed by atoms with van der Waals surface area (Å²) in [4.78, 5) is 15.0. The summed E-state index contributed by atoms with van der Waals surface area (Å²) in [5.74, 6) is -0.0597. The fraction of sp³-hybridized carbons (Fsp3) is 0.650. The van der Waals surface area contributed by atoms with Crippen molar-refractivity contribution in [2.45, 2.75) is 51.6 Å². The summed E-state index contributed by atoms with van der Waals surface area (Å²) >= 11 is 5.91. The van der Waals surface area contributed by atoms with E-state index in [0.717, 1.165) is 38.8 Å². The fourth-order valence-corrected chi connectivity index (χ4v) is 3.90. The van der Waals surface area contributed by atoms with E-state index in [4.69, 9.17) is 16.3 Å². The summed E-state index contributed by atoms with van der Waals surface area (Å²) in [6, 6.07) is 0.739. The highest BCUT2D eigenvalue weighted by molar-refractivity contribution is 6.30. The second-order valence-corrected chi connectivity index (χ2v) is 8.54. The van der Waals surface area contributed by atoms with E-state index in [1.165, 1.54) is 6.20 Å². The van der Waals surface area contributed by atoms with Crippen LogP contribution in [0.5, 0.6) is 6.01 Å². The summed E-state index contributed by atoms with van der Waals surface area (Å²) in [6.07, 6.45) is 5.30. The van der Waals surface area contributed by atoms with E-state index < -0.39 is 5.82 Å². The van der Waals surface area contributed by atoms with Gasteiger partial charge in [0.2, 0.25) is 0 Å². The summed E-state index contributed by atoms with van der Waals surface area (Å²) in [7, 11) is 0. The first-order chi connectivity index (χ1) is 14.0. The highest BCUT2D eigenvalue weighted by atomic mass is 35.5. The molecule has 1 saturated carbocycles. The molecule has 2 atom stereocenters. The first-order valence-corrected chi connectivity index (χ1v) is 10.6. The predicted molar refractivity (Wildman–Crippen MR) is 110 cm³/mol. The van der Waals surface area contributed by atoms with Gasteiger partial charge >= 0.3 is 6.01 Å². The van der Waals surface area contributed by atoms with Gasteiger partial charge in [-0.15, -0.1) is 0 Å². The number of pyridine rings is 1. The van der Waals surface area contributed by atoms with Gasteiger partial charge in [0.1, 0.15) is 11.3 Å². The summed E-state index contributed by atoms with van der Waals surface area (Å²) in [5.41, 5.74) is -0.110. The van der Waals surface area contributed by atoms with Crippen molar-refractivity contribution in [3.05, 3.63) is 17.2 Å². The number of anilines is 1. The maximum absolute atomic E-state index is 14.8. The van der Waals surface area contributed by atoms with Crippen molar-refractivity contribution in [1.29, 1.82) is 0 Å². The molecule has 0 radical (unpaired) electrons. The Morgan fingerprint density at radius 1 is 1.28 bits per heavy atom. The summed E-state index contributed by atoms with van der Waals surface area (Å²) in [6.45, 7) is 6.17. The monoisotopic (exact) mass is 423 g/mol. The quantitative estimate of drug-likeness (QED) is 0.662. The Morgan fingerprint density at radius 2 is 1.97 bits per heavy atom. The van der Waals surface area contributed by atoms with Crippen LogP contribution in [0.3, 0.4) is 0 Å². The van der Waals surface area contributed by atoms with Gasteiger partial charge in [-0.25, -0.2) is 9.37 Å². The average Bonchev–Trinajstić information content (AvgIpc) is 3.54. The normalized spacial score (nSPS) is 23.4. The lowest BCUT2D eigenvalue weighted by atomic mass is 10.1. The number of nitrogens with zero attached hydrogens (tertiary/aromatic N) is 4. The zero-order valence-corrected chi connectivity index (χ0v) is 17.5. The second kappa shape index (κ2) is 8.16. The van der Waals surface area contributed by atoms with Gasteiger partial charge in [-0.05, 0) is 25.7 Å². The Morgan fingerprint density at radius 3 is 2.55 bits per heavy atom. The third-order valence-corrected chi connectivity index (χ3v) is 6.30. The molecule has 2 N–H and O–H groups in total. The molecular formula is C20H27ClFN5O2. The number of fused-ring (bicyclic) bond motifs is 1. The number of aromatic nitrogens is 3. The van der Waals surface area contributed by atoms with Gasteiger partial charge in [0.15, 0.2) is 11.0 Å². The minimum atomic E-state index is -0.671. The zero-order valence-electron chi connectivity index (χ0n) is 16.8. The van der Waals surface area contributed by atoms with Crippen LogP contribution in [0, 0.1) is 11.2 Å². The lowest BCUT2D eigenvalue weighted by Crippen LogP contribution is -2.56. The molecule has 4 rings (SSSR count). The lowest BCUT2D eigenvalue weighted by molar-refractivity contribution is 0.140. The lowest BCUT2D eigenvalue weighted by Gasteiger charge is -2.39. The molecule has 2 unspecified atom stereocenters. The fourth-order valence-electron chi connectivity index (χ4n) is 3.76. The molecule has 1 aliphatic carbocycles.